The number of nitrogens with two attached hydrogens (primary N) is 1. The second kappa shape index (κ2) is 6.52. The summed E-state index contributed by atoms with van der Waals surface area (Å²) >= 11 is 6.05. The van der Waals surface area contributed by atoms with E-state index in [0.717, 1.165) is 35.6 Å². The highest BCUT2D eigenvalue weighted by atomic mass is 35.5. The summed E-state index contributed by atoms with van der Waals surface area (Å²) in [5.41, 5.74) is 3.48. The van der Waals surface area contributed by atoms with Gasteiger partial charge in [-0.25, -0.2) is 22.3 Å². The molecule has 2 aromatic carbocycles. The topological polar surface area (TPSA) is 60.2 Å². The molecule has 0 aromatic heterocycles. The van der Waals surface area contributed by atoms with Crippen LogP contribution in [0.4, 0.5) is 8.78 Å². The maximum Gasteiger partial charge on any atom is 0.241 e. The molecule has 2 aromatic rings. The summed E-state index contributed by atoms with van der Waals surface area (Å²) in [7, 11) is -4.32. The van der Waals surface area contributed by atoms with Gasteiger partial charge in [0.2, 0.25) is 10.0 Å². The molecule has 0 fully saturated rings. The molecule has 2 N–H and O–H groups in total. The van der Waals surface area contributed by atoms with E-state index in [1.165, 1.54) is 0 Å². The lowest BCUT2D eigenvalue weighted by molar-refractivity contribution is 0.552. The van der Waals surface area contributed by atoms with Gasteiger partial charge in [0.1, 0.15) is 16.5 Å². The summed E-state index contributed by atoms with van der Waals surface area (Å²) in [5.74, 6) is -1.85. The van der Waals surface area contributed by atoms with Crippen molar-refractivity contribution in [1.29, 1.82) is 0 Å². The largest absolute Gasteiger partial charge is 0.241 e. The highest BCUT2D eigenvalue weighted by molar-refractivity contribution is 7.89. The average molecular weight is 384 g/mol. The number of primary sulfonamides is 1. The predicted octanol–water partition coefficient (Wildman–Crippen LogP) is 4.67. The normalized spacial score (nSPS) is 15.1. The first-order chi connectivity index (χ1) is 11.7. The summed E-state index contributed by atoms with van der Waals surface area (Å²) < 4.78 is 51.3. The Morgan fingerprint density at radius 3 is 2.36 bits per heavy atom. The smallest absolute Gasteiger partial charge is 0.225 e. The molecule has 25 heavy (non-hydrogen) atoms. The van der Waals surface area contributed by atoms with E-state index in [0.29, 0.717) is 23.1 Å². The van der Waals surface area contributed by atoms with Gasteiger partial charge >= 0.3 is 0 Å². The van der Waals surface area contributed by atoms with Gasteiger partial charge in [0.15, 0.2) is 0 Å². The van der Waals surface area contributed by atoms with Crippen LogP contribution in [0.1, 0.15) is 36.0 Å². The fraction of sp³-hybridized carbons (Fsp3) is 0.222. The van der Waals surface area contributed by atoms with Crippen LogP contribution < -0.4 is 5.14 Å². The van der Waals surface area contributed by atoms with Crippen LogP contribution in [-0.4, -0.2) is 8.42 Å². The van der Waals surface area contributed by atoms with Crippen molar-refractivity contribution in [2.45, 2.75) is 31.1 Å². The van der Waals surface area contributed by atoms with E-state index in [2.05, 4.69) is 0 Å². The lowest BCUT2D eigenvalue weighted by Gasteiger charge is -2.12. The van der Waals surface area contributed by atoms with E-state index < -0.39 is 26.6 Å². The fourth-order valence-electron chi connectivity index (χ4n) is 3.17. The third-order valence-corrected chi connectivity index (χ3v) is 5.73. The van der Waals surface area contributed by atoms with Crippen LogP contribution >= 0.6 is 11.6 Å². The van der Waals surface area contributed by atoms with Gasteiger partial charge in [-0.1, -0.05) is 23.7 Å². The van der Waals surface area contributed by atoms with Gasteiger partial charge in [0.05, 0.1) is 0 Å². The summed E-state index contributed by atoms with van der Waals surface area (Å²) in [4.78, 5) is -0.837. The molecule has 0 unspecified atom stereocenters. The first kappa shape index (κ1) is 18.0. The lowest BCUT2D eigenvalue weighted by atomic mass is 9.95. The molecule has 0 saturated heterocycles. The monoisotopic (exact) mass is 383 g/mol. The highest BCUT2D eigenvalue weighted by Crippen LogP contribution is 2.41. The van der Waals surface area contributed by atoms with Gasteiger partial charge in [-0.15, -0.1) is 0 Å². The number of halogens is 3. The minimum Gasteiger partial charge on any atom is -0.225 e. The molecule has 0 saturated carbocycles. The van der Waals surface area contributed by atoms with E-state index >= 15 is 0 Å². The molecular formula is C18H16ClF2NO2S. The molecule has 1 aliphatic carbocycles. The van der Waals surface area contributed by atoms with Crippen molar-refractivity contribution in [2.75, 3.05) is 0 Å². The number of allylic oxidation sites excluding steroid dienone is 2. The highest BCUT2D eigenvalue weighted by Gasteiger charge is 2.24. The van der Waals surface area contributed by atoms with Crippen LogP contribution in [-0.2, 0) is 10.0 Å². The van der Waals surface area contributed by atoms with E-state index in [1.807, 2.05) is 19.1 Å². The van der Waals surface area contributed by atoms with Gasteiger partial charge in [0.25, 0.3) is 0 Å². The predicted molar refractivity (Wildman–Crippen MR) is 94.6 cm³/mol. The van der Waals surface area contributed by atoms with Crippen molar-refractivity contribution >= 4 is 32.8 Å². The van der Waals surface area contributed by atoms with Crippen molar-refractivity contribution < 1.29 is 17.2 Å². The quantitative estimate of drug-likeness (QED) is 0.837. The van der Waals surface area contributed by atoms with Crippen LogP contribution in [0.3, 0.4) is 0 Å². The Morgan fingerprint density at radius 1 is 1.04 bits per heavy atom. The standard InChI is InChI=1S/C18H16ClF2NO2S/c1-10-7-11(5-6-15(10)19)12-3-2-4-13(12)14-8-17(21)18(9-16(14)20)25(22,23)24/h5-9H,2-4H2,1H3,(H2,22,23,24). The number of sulfonamides is 1. The van der Waals surface area contributed by atoms with Crippen molar-refractivity contribution in [3.05, 3.63) is 63.7 Å². The van der Waals surface area contributed by atoms with Gasteiger partial charge in [0, 0.05) is 10.6 Å². The Hall–Kier alpha value is -1.76. The van der Waals surface area contributed by atoms with Crippen molar-refractivity contribution in [1.82, 2.24) is 0 Å². The SMILES string of the molecule is Cc1cc(C2=C(c3cc(F)c(S(N)(=O)=O)cc3F)CCC2)ccc1Cl. The van der Waals surface area contributed by atoms with Gasteiger partial charge in [-0.3, -0.25) is 0 Å². The molecule has 0 heterocycles. The molecule has 0 bridgehead atoms. The molecular weight excluding hydrogens is 368 g/mol. The van der Waals surface area contributed by atoms with Crippen LogP contribution in [0.25, 0.3) is 11.1 Å². The van der Waals surface area contributed by atoms with E-state index in [4.69, 9.17) is 16.7 Å². The molecule has 0 aliphatic heterocycles. The van der Waals surface area contributed by atoms with Crippen LogP contribution in [0.2, 0.25) is 5.02 Å². The van der Waals surface area contributed by atoms with Crippen LogP contribution in [0.15, 0.2) is 35.2 Å². The minimum absolute atomic E-state index is 0.0741. The Balaban J connectivity index is 2.17. The maximum absolute atomic E-state index is 14.5. The van der Waals surface area contributed by atoms with E-state index in [-0.39, 0.29) is 5.56 Å². The Kier molecular flexibility index (Phi) is 4.70. The molecule has 132 valence electrons. The molecule has 7 heteroatoms. The van der Waals surface area contributed by atoms with Crippen molar-refractivity contribution in [3.8, 4) is 0 Å². The van der Waals surface area contributed by atoms with Gasteiger partial charge < -0.3 is 0 Å². The zero-order valence-electron chi connectivity index (χ0n) is 13.4. The first-order valence-electron chi connectivity index (χ1n) is 7.69. The third kappa shape index (κ3) is 3.47. The first-order valence-corrected chi connectivity index (χ1v) is 9.61. The van der Waals surface area contributed by atoms with Crippen molar-refractivity contribution in [3.63, 3.8) is 0 Å². The fourth-order valence-corrected chi connectivity index (χ4v) is 3.89. The summed E-state index contributed by atoms with van der Waals surface area (Å²) in [6, 6.07) is 7.10. The number of hydrogen-bond donors (Lipinski definition) is 1. The van der Waals surface area contributed by atoms with Crippen LogP contribution in [0.5, 0.6) is 0 Å². The molecule has 3 nitrogen and oxygen atoms in total. The summed E-state index contributed by atoms with van der Waals surface area (Å²) in [6.45, 7) is 1.88. The number of rotatable bonds is 3. The molecule has 1 aliphatic rings. The second-order valence-corrected chi connectivity index (χ2v) is 8.02. The molecule has 0 atom stereocenters. The Morgan fingerprint density at radius 2 is 1.72 bits per heavy atom. The molecule has 3 rings (SSSR count). The zero-order valence-corrected chi connectivity index (χ0v) is 15.0. The van der Waals surface area contributed by atoms with Gasteiger partial charge in [-0.05, 0) is 66.7 Å². The lowest BCUT2D eigenvalue weighted by Crippen LogP contribution is -2.15. The second-order valence-electron chi connectivity index (χ2n) is 6.08. The van der Waals surface area contributed by atoms with Crippen molar-refractivity contribution in [2.24, 2.45) is 5.14 Å². The number of hydrogen-bond acceptors (Lipinski definition) is 2. The summed E-state index contributed by atoms with van der Waals surface area (Å²) in [6.07, 6.45) is 2.13. The molecule has 0 radical (unpaired) electrons. The van der Waals surface area contributed by atoms with E-state index in [9.17, 15) is 17.2 Å². The maximum atomic E-state index is 14.5. The third-order valence-electron chi connectivity index (χ3n) is 4.38. The zero-order chi connectivity index (χ0) is 18.4. The molecule has 0 spiro atoms. The van der Waals surface area contributed by atoms with Gasteiger partial charge in [-0.2, -0.15) is 0 Å². The number of aryl methyl sites for hydroxylation is 1. The van der Waals surface area contributed by atoms with E-state index in [1.54, 1.807) is 6.07 Å². The molecule has 0 amide bonds. The minimum atomic E-state index is -4.32. The Bertz CT molecular complexity index is 1000. The number of benzene rings is 2. The summed E-state index contributed by atoms with van der Waals surface area (Å²) in [5, 5.41) is 5.56. The Labute approximate surface area is 150 Å². The average Bonchev–Trinajstić information content (AvgIpc) is 3.00. The van der Waals surface area contributed by atoms with Crippen LogP contribution in [0, 0.1) is 18.6 Å².